The zero-order chi connectivity index (χ0) is 16.8. The lowest BCUT2D eigenvalue weighted by molar-refractivity contribution is 0.0953. The smallest absolute Gasteiger partial charge is 0.251 e. The SMILES string of the molecule is COc1cccc(C(=O)NCCc2nc(-c3ccccc3)no2)c1. The average Bonchev–Trinajstić information content (AvgIpc) is 3.11. The highest BCUT2D eigenvalue weighted by atomic mass is 16.5. The van der Waals surface area contributed by atoms with Crippen molar-refractivity contribution in [2.45, 2.75) is 6.42 Å². The number of rotatable bonds is 6. The summed E-state index contributed by atoms with van der Waals surface area (Å²) < 4.78 is 10.3. The molecule has 0 fully saturated rings. The first-order chi connectivity index (χ1) is 11.8. The van der Waals surface area contributed by atoms with Crippen molar-refractivity contribution < 1.29 is 14.1 Å². The third-order valence-corrected chi connectivity index (χ3v) is 3.46. The minimum atomic E-state index is -0.170. The Morgan fingerprint density at radius 2 is 2.00 bits per heavy atom. The number of ether oxygens (including phenoxy) is 1. The van der Waals surface area contributed by atoms with E-state index in [-0.39, 0.29) is 5.91 Å². The van der Waals surface area contributed by atoms with Gasteiger partial charge in [-0.25, -0.2) is 0 Å². The fourth-order valence-electron chi connectivity index (χ4n) is 2.21. The normalized spacial score (nSPS) is 10.4. The molecule has 0 bridgehead atoms. The number of nitrogens with one attached hydrogen (secondary N) is 1. The molecular weight excluding hydrogens is 306 g/mol. The van der Waals surface area contributed by atoms with E-state index in [1.165, 1.54) is 0 Å². The minimum Gasteiger partial charge on any atom is -0.497 e. The molecule has 1 heterocycles. The molecule has 0 atom stereocenters. The number of carbonyl (C=O) groups excluding carboxylic acids is 1. The average molecular weight is 323 g/mol. The summed E-state index contributed by atoms with van der Waals surface area (Å²) in [5.74, 6) is 1.51. The first kappa shape index (κ1) is 15.7. The molecule has 0 aliphatic heterocycles. The van der Waals surface area contributed by atoms with Crippen LogP contribution in [0, 0.1) is 0 Å². The Balaban J connectivity index is 1.55. The molecule has 0 spiro atoms. The third kappa shape index (κ3) is 3.78. The standard InChI is InChI=1S/C18H17N3O3/c1-23-15-9-5-8-14(12-15)18(22)19-11-10-16-20-17(21-24-16)13-6-3-2-4-7-13/h2-9,12H,10-11H2,1H3,(H,19,22). The molecule has 1 N–H and O–H groups in total. The van der Waals surface area contributed by atoms with Gasteiger partial charge in [0.25, 0.3) is 5.91 Å². The van der Waals surface area contributed by atoms with Crippen LogP contribution < -0.4 is 10.1 Å². The molecule has 1 aromatic heterocycles. The predicted molar refractivity (Wildman–Crippen MR) is 88.8 cm³/mol. The van der Waals surface area contributed by atoms with Gasteiger partial charge in [0.15, 0.2) is 0 Å². The second kappa shape index (κ2) is 7.41. The highest BCUT2D eigenvalue weighted by molar-refractivity contribution is 5.94. The van der Waals surface area contributed by atoms with Gasteiger partial charge in [-0.2, -0.15) is 4.98 Å². The minimum absolute atomic E-state index is 0.170. The number of benzene rings is 2. The van der Waals surface area contributed by atoms with E-state index in [0.717, 1.165) is 5.56 Å². The van der Waals surface area contributed by atoms with E-state index < -0.39 is 0 Å². The van der Waals surface area contributed by atoms with E-state index >= 15 is 0 Å². The first-order valence-corrected chi connectivity index (χ1v) is 7.56. The van der Waals surface area contributed by atoms with Crippen LogP contribution in [0.1, 0.15) is 16.2 Å². The van der Waals surface area contributed by atoms with Crippen LogP contribution in [0.2, 0.25) is 0 Å². The molecule has 0 saturated carbocycles. The Morgan fingerprint density at radius 3 is 2.79 bits per heavy atom. The van der Waals surface area contributed by atoms with Gasteiger partial charge in [-0.1, -0.05) is 41.6 Å². The van der Waals surface area contributed by atoms with E-state index in [2.05, 4.69) is 15.5 Å². The van der Waals surface area contributed by atoms with E-state index in [4.69, 9.17) is 9.26 Å². The van der Waals surface area contributed by atoms with Gasteiger partial charge in [0, 0.05) is 24.1 Å². The van der Waals surface area contributed by atoms with Gasteiger partial charge in [-0.05, 0) is 18.2 Å². The second-order valence-corrected chi connectivity index (χ2v) is 5.12. The van der Waals surface area contributed by atoms with E-state index in [9.17, 15) is 4.79 Å². The van der Waals surface area contributed by atoms with Crippen LogP contribution in [0.3, 0.4) is 0 Å². The molecule has 3 aromatic rings. The summed E-state index contributed by atoms with van der Waals surface area (Å²) in [6.45, 7) is 0.409. The molecule has 0 unspecified atom stereocenters. The van der Waals surface area contributed by atoms with Crippen LogP contribution in [0.15, 0.2) is 59.1 Å². The van der Waals surface area contributed by atoms with Crippen molar-refractivity contribution in [3.05, 3.63) is 66.1 Å². The molecule has 0 saturated heterocycles. The first-order valence-electron chi connectivity index (χ1n) is 7.56. The summed E-state index contributed by atoms with van der Waals surface area (Å²) >= 11 is 0. The Morgan fingerprint density at radius 1 is 1.17 bits per heavy atom. The number of nitrogens with zero attached hydrogens (tertiary/aromatic N) is 2. The van der Waals surface area contributed by atoms with E-state index in [1.807, 2.05) is 30.3 Å². The zero-order valence-electron chi connectivity index (χ0n) is 13.2. The van der Waals surface area contributed by atoms with Crippen LogP contribution in [-0.4, -0.2) is 29.7 Å². The van der Waals surface area contributed by atoms with Crippen molar-refractivity contribution in [3.8, 4) is 17.1 Å². The molecule has 6 heteroatoms. The van der Waals surface area contributed by atoms with Crippen molar-refractivity contribution in [3.63, 3.8) is 0 Å². The lowest BCUT2D eigenvalue weighted by Gasteiger charge is -2.05. The van der Waals surface area contributed by atoms with Gasteiger partial charge in [-0.15, -0.1) is 0 Å². The van der Waals surface area contributed by atoms with Crippen molar-refractivity contribution in [2.75, 3.05) is 13.7 Å². The van der Waals surface area contributed by atoms with Crippen molar-refractivity contribution in [1.29, 1.82) is 0 Å². The van der Waals surface area contributed by atoms with Crippen LogP contribution in [0.25, 0.3) is 11.4 Å². The summed E-state index contributed by atoms with van der Waals surface area (Å²) in [5, 5.41) is 6.78. The molecule has 24 heavy (non-hydrogen) atoms. The summed E-state index contributed by atoms with van der Waals surface area (Å²) in [6.07, 6.45) is 0.468. The second-order valence-electron chi connectivity index (χ2n) is 5.12. The van der Waals surface area contributed by atoms with Crippen LogP contribution >= 0.6 is 0 Å². The Hall–Kier alpha value is -3.15. The fourth-order valence-corrected chi connectivity index (χ4v) is 2.21. The summed E-state index contributed by atoms with van der Waals surface area (Å²) in [6, 6.07) is 16.6. The van der Waals surface area contributed by atoms with Crippen LogP contribution in [0.4, 0.5) is 0 Å². The molecule has 0 radical (unpaired) electrons. The number of amides is 1. The van der Waals surface area contributed by atoms with Crippen molar-refractivity contribution >= 4 is 5.91 Å². The number of aromatic nitrogens is 2. The maximum Gasteiger partial charge on any atom is 0.251 e. The molecule has 2 aromatic carbocycles. The van der Waals surface area contributed by atoms with Gasteiger partial charge < -0.3 is 14.6 Å². The summed E-state index contributed by atoms with van der Waals surface area (Å²) in [4.78, 5) is 16.4. The number of hydrogen-bond donors (Lipinski definition) is 1. The molecule has 1 amide bonds. The van der Waals surface area contributed by atoms with Gasteiger partial charge in [0.2, 0.25) is 11.7 Å². The maximum atomic E-state index is 12.1. The van der Waals surface area contributed by atoms with Crippen molar-refractivity contribution in [2.24, 2.45) is 0 Å². The van der Waals surface area contributed by atoms with Gasteiger partial charge in [-0.3, -0.25) is 4.79 Å². The van der Waals surface area contributed by atoms with E-state index in [1.54, 1.807) is 31.4 Å². The summed E-state index contributed by atoms with van der Waals surface area (Å²) in [7, 11) is 1.57. The Bertz CT molecular complexity index is 815. The number of hydrogen-bond acceptors (Lipinski definition) is 5. The molecule has 0 aliphatic rings. The van der Waals surface area contributed by atoms with Crippen molar-refractivity contribution in [1.82, 2.24) is 15.5 Å². The van der Waals surface area contributed by atoms with Gasteiger partial charge in [0.1, 0.15) is 5.75 Å². The molecule has 6 nitrogen and oxygen atoms in total. The largest absolute Gasteiger partial charge is 0.497 e. The molecular formula is C18H17N3O3. The van der Waals surface area contributed by atoms with E-state index in [0.29, 0.717) is 36.0 Å². The topological polar surface area (TPSA) is 77.2 Å². The Kier molecular flexibility index (Phi) is 4.86. The third-order valence-electron chi connectivity index (χ3n) is 3.46. The molecule has 122 valence electrons. The van der Waals surface area contributed by atoms with Crippen LogP contribution in [0.5, 0.6) is 5.75 Å². The molecule has 0 aliphatic carbocycles. The number of methoxy groups -OCH3 is 1. The fraction of sp³-hybridized carbons (Fsp3) is 0.167. The zero-order valence-corrected chi connectivity index (χ0v) is 13.2. The van der Waals surface area contributed by atoms with Crippen LogP contribution in [-0.2, 0) is 6.42 Å². The maximum absolute atomic E-state index is 12.1. The van der Waals surface area contributed by atoms with Gasteiger partial charge in [0.05, 0.1) is 7.11 Å². The molecule has 3 rings (SSSR count). The summed E-state index contributed by atoms with van der Waals surface area (Å²) in [5.41, 5.74) is 1.44. The lowest BCUT2D eigenvalue weighted by Crippen LogP contribution is -2.25. The Labute approximate surface area is 139 Å². The lowest BCUT2D eigenvalue weighted by atomic mass is 10.2. The van der Waals surface area contributed by atoms with Gasteiger partial charge >= 0.3 is 0 Å². The highest BCUT2D eigenvalue weighted by Crippen LogP contribution is 2.15. The highest BCUT2D eigenvalue weighted by Gasteiger charge is 2.10. The quantitative estimate of drug-likeness (QED) is 0.755. The number of carbonyl (C=O) groups is 1. The monoisotopic (exact) mass is 323 g/mol. The predicted octanol–water partition coefficient (Wildman–Crippen LogP) is 2.72.